The number of rotatable bonds is 10. The van der Waals surface area contributed by atoms with Crippen molar-refractivity contribution in [2.75, 3.05) is 56.1 Å². The van der Waals surface area contributed by atoms with Gasteiger partial charge in [0.1, 0.15) is 11.3 Å². The molecule has 47 heavy (non-hydrogen) atoms. The number of piperazine rings is 1. The van der Waals surface area contributed by atoms with Crippen molar-refractivity contribution < 1.29 is 32.3 Å². The van der Waals surface area contributed by atoms with Crippen LogP contribution in [0.15, 0.2) is 36.7 Å². The third-order valence-electron chi connectivity index (χ3n) is 8.18. The minimum atomic E-state index is -4.78. The first kappa shape index (κ1) is 33.8. The van der Waals surface area contributed by atoms with Crippen LogP contribution >= 0.6 is 0 Å². The van der Waals surface area contributed by atoms with Crippen molar-refractivity contribution >= 4 is 34.9 Å². The quantitative estimate of drug-likeness (QED) is 0.302. The molecule has 5 rings (SSSR count). The van der Waals surface area contributed by atoms with E-state index in [1.165, 1.54) is 6.08 Å². The molecular weight excluding hydrogens is 617 g/mol. The molecule has 0 aliphatic carbocycles. The Morgan fingerprint density at radius 1 is 1.02 bits per heavy atom. The summed E-state index contributed by atoms with van der Waals surface area (Å²) in [7, 11) is 0. The van der Waals surface area contributed by atoms with Crippen LogP contribution in [-0.4, -0.2) is 93.0 Å². The summed E-state index contributed by atoms with van der Waals surface area (Å²) in [6, 6.07) is 2.72. The number of nitrogens with zero attached hydrogens (tertiary/aromatic N) is 7. The van der Waals surface area contributed by atoms with E-state index < -0.39 is 17.8 Å². The maximum Gasteiger partial charge on any atom is 0.417 e. The molecule has 15 heteroatoms. The minimum absolute atomic E-state index is 0.0384. The van der Waals surface area contributed by atoms with Crippen LogP contribution in [-0.2, 0) is 27.0 Å². The van der Waals surface area contributed by atoms with E-state index in [1.807, 2.05) is 6.07 Å². The smallest absolute Gasteiger partial charge is 0.417 e. The number of amides is 2. The second-order valence-electron chi connectivity index (χ2n) is 11.6. The number of ketones is 1. The lowest BCUT2D eigenvalue weighted by Gasteiger charge is -2.34. The van der Waals surface area contributed by atoms with Crippen LogP contribution in [0.25, 0.3) is 16.9 Å². The topological polar surface area (TPSA) is 125 Å². The van der Waals surface area contributed by atoms with Crippen molar-refractivity contribution in [1.82, 2.24) is 29.4 Å². The molecule has 2 fully saturated rings. The molecule has 2 saturated heterocycles. The first-order valence-electron chi connectivity index (χ1n) is 15.9. The average molecular weight is 657 g/mol. The highest BCUT2D eigenvalue weighted by Crippen LogP contribution is 2.38. The summed E-state index contributed by atoms with van der Waals surface area (Å²) >= 11 is 0. The molecular formula is C32H39F3N8O4. The second-order valence-corrected chi connectivity index (χ2v) is 11.6. The molecule has 2 aliphatic heterocycles. The van der Waals surface area contributed by atoms with E-state index in [2.05, 4.69) is 30.2 Å². The van der Waals surface area contributed by atoms with E-state index >= 15 is 0 Å². The third-order valence-corrected chi connectivity index (χ3v) is 8.18. The molecule has 0 atom stereocenters. The molecule has 0 saturated carbocycles. The maximum atomic E-state index is 14.3. The number of hydrogen-bond acceptors (Lipinski definition) is 9. The number of ether oxygens (including phenoxy) is 1. The highest BCUT2D eigenvalue weighted by atomic mass is 19.4. The fraction of sp³-hybridized carbons (Fsp3) is 0.500. The van der Waals surface area contributed by atoms with E-state index in [0.29, 0.717) is 44.1 Å². The molecule has 3 aromatic heterocycles. The molecule has 5 heterocycles. The van der Waals surface area contributed by atoms with Crippen molar-refractivity contribution in [3.63, 3.8) is 0 Å². The molecule has 0 aromatic carbocycles. The number of allylic oxidation sites excluding steroid dienone is 2. The molecule has 1 N–H and O–H groups in total. The van der Waals surface area contributed by atoms with E-state index in [9.17, 15) is 27.6 Å². The van der Waals surface area contributed by atoms with Crippen LogP contribution in [0.4, 0.5) is 29.6 Å². The Hall–Kier alpha value is -4.53. The van der Waals surface area contributed by atoms with Gasteiger partial charge < -0.3 is 14.5 Å². The van der Waals surface area contributed by atoms with Crippen LogP contribution in [0.2, 0.25) is 0 Å². The van der Waals surface area contributed by atoms with E-state index in [4.69, 9.17) is 4.74 Å². The first-order valence-corrected chi connectivity index (χ1v) is 15.9. The van der Waals surface area contributed by atoms with Crippen LogP contribution in [0.1, 0.15) is 57.1 Å². The predicted octanol–water partition coefficient (Wildman–Crippen LogP) is 4.94. The summed E-state index contributed by atoms with van der Waals surface area (Å²) in [6.07, 6.45) is 3.60. The molecule has 0 bridgehead atoms. The van der Waals surface area contributed by atoms with Crippen molar-refractivity contribution in [1.29, 1.82) is 0 Å². The lowest BCUT2D eigenvalue weighted by molar-refractivity contribution is -0.137. The SMILES string of the molecule is C/C=C\C(=O)CCC(=O)N1CCN(Cc2cc3c(N4CCCCC4)nc(-c4cnc(NC(=O)OCC)cc4C(F)(F)F)nn3c2)CC1. The predicted molar refractivity (Wildman–Crippen MR) is 169 cm³/mol. The standard InChI is InChI=1S/C32H39F3N8O4/c1-3-8-23(44)9-10-28(45)41-15-13-40(14-16-41)20-22-17-26-30(42-11-6-5-7-12-42)38-29(39-43(26)21-22)24-19-36-27(37-31(46)47-4-2)18-25(24)32(33,34)35/h3,8,17-19,21H,4-7,9-16,20H2,1-2H3,(H,36,37,46)/b8-3-. The zero-order valence-corrected chi connectivity index (χ0v) is 26.6. The van der Waals surface area contributed by atoms with Crippen LogP contribution < -0.4 is 10.2 Å². The fourth-order valence-corrected chi connectivity index (χ4v) is 5.86. The Balaban J connectivity index is 1.39. The summed E-state index contributed by atoms with van der Waals surface area (Å²) in [4.78, 5) is 51.0. The van der Waals surface area contributed by atoms with Gasteiger partial charge in [-0.05, 0) is 56.9 Å². The number of nitrogens with one attached hydrogen (secondary N) is 1. The lowest BCUT2D eigenvalue weighted by Crippen LogP contribution is -2.48. The number of anilines is 2. The number of fused-ring (bicyclic) bond motifs is 1. The van der Waals surface area contributed by atoms with Crippen molar-refractivity contribution in [2.45, 2.75) is 58.7 Å². The van der Waals surface area contributed by atoms with E-state index in [0.717, 1.165) is 50.2 Å². The molecule has 0 radical (unpaired) electrons. The molecule has 0 unspecified atom stereocenters. The van der Waals surface area contributed by atoms with Gasteiger partial charge in [-0.15, -0.1) is 5.10 Å². The molecule has 0 spiro atoms. The summed E-state index contributed by atoms with van der Waals surface area (Å²) in [5.41, 5.74) is 0.256. The summed E-state index contributed by atoms with van der Waals surface area (Å²) in [5.74, 6) is 0.00496. The van der Waals surface area contributed by atoms with Gasteiger partial charge in [-0.3, -0.25) is 19.8 Å². The van der Waals surface area contributed by atoms with Crippen molar-refractivity contribution in [2.24, 2.45) is 0 Å². The summed E-state index contributed by atoms with van der Waals surface area (Å²) in [5, 5.41) is 6.74. The van der Waals surface area contributed by atoms with Gasteiger partial charge >= 0.3 is 12.3 Å². The van der Waals surface area contributed by atoms with Gasteiger partial charge in [0.25, 0.3) is 0 Å². The minimum Gasteiger partial charge on any atom is -0.450 e. The van der Waals surface area contributed by atoms with Crippen molar-refractivity contribution in [3.8, 4) is 11.4 Å². The highest BCUT2D eigenvalue weighted by Gasteiger charge is 2.36. The van der Waals surface area contributed by atoms with Gasteiger partial charge in [0.15, 0.2) is 17.4 Å². The molecule has 2 aliphatic rings. The molecule has 252 valence electrons. The Labute approximate surface area is 270 Å². The Morgan fingerprint density at radius 3 is 2.45 bits per heavy atom. The number of halogens is 3. The van der Waals surface area contributed by atoms with Crippen LogP contribution in [0, 0.1) is 0 Å². The first-order chi connectivity index (χ1) is 22.5. The second kappa shape index (κ2) is 14.9. The van der Waals surface area contributed by atoms with Gasteiger partial charge in [-0.2, -0.15) is 13.2 Å². The Kier molecular flexibility index (Phi) is 10.7. The Bertz CT molecular complexity index is 1630. The number of carbonyl (C=O) groups excluding carboxylic acids is 3. The van der Waals surface area contributed by atoms with Crippen molar-refractivity contribution in [3.05, 3.63) is 47.8 Å². The normalized spacial score (nSPS) is 16.2. The molecule has 2 amide bonds. The number of piperidine rings is 1. The number of hydrogen-bond donors (Lipinski definition) is 1. The zero-order valence-electron chi connectivity index (χ0n) is 26.6. The van der Waals surface area contributed by atoms with Gasteiger partial charge in [-0.1, -0.05) is 6.08 Å². The Morgan fingerprint density at radius 2 is 1.77 bits per heavy atom. The van der Waals surface area contributed by atoms with Gasteiger partial charge in [-0.25, -0.2) is 19.3 Å². The monoisotopic (exact) mass is 656 g/mol. The van der Waals surface area contributed by atoms with Gasteiger partial charge in [0.2, 0.25) is 5.91 Å². The maximum absolute atomic E-state index is 14.3. The highest BCUT2D eigenvalue weighted by molar-refractivity contribution is 5.92. The third kappa shape index (κ3) is 8.44. The molecule has 3 aromatic rings. The zero-order chi connectivity index (χ0) is 33.6. The number of aromatic nitrogens is 4. The van der Waals surface area contributed by atoms with Gasteiger partial charge in [0, 0.05) is 71.0 Å². The van der Waals surface area contributed by atoms with Gasteiger partial charge in [0.05, 0.1) is 17.7 Å². The van der Waals surface area contributed by atoms with Crippen LogP contribution in [0.3, 0.4) is 0 Å². The van der Waals surface area contributed by atoms with E-state index in [1.54, 1.807) is 35.5 Å². The number of carbonyl (C=O) groups is 3. The summed E-state index contributed by atoms with van der Waals surface area (Å²) < 4.78 is 49.3. The average Bonchev–Trinajstić information content (AvgIpc) is 3.46. The largest absolute Gasteiger partial charge is 0.450 e. The fourth-order valence-electron chi connectivity index (χ4n) is 5.86. The molecule has 12 nitrogen and oxygen atoms in total. The van der Waals surface area contributed by atoms with Crippen LogP contribution in [0.5, 0.6) is 0 Å². The lowest BCUT2D eigenvalue weighted by atomic mass is 10.1. The summed E-state index contributed by atoms with van der Waals surface area (Å²) in [6.45, 7) is 7.77. The van der Waals surface area contributed by atoms with E-state index in [-0.39, 0.29) is 48.3 Å². The number of pyridine rings is 1. The number of alkyl halides is 3.